The number of nitrogens with one attached hydrogen (secondary N) is 2. The smallest absolute Gasteiger partial charge is 0.191 e. The summed E-state index contributed by atoms with van der Waals surface area (Å²) in [5.74, 6) is 3.82. The predicted octanol–water partition coefficient (Wildman–Crippen LogP) is 2.24. The van der Waals surface area contributed by atoms with Gasteiger partial charge in [0, 0.05) is 26.1 Å². The molecule has 116 valence electrons. The van der Waals surface area contributed by atoms with E-state index in [0.29, 0.717) is 18.6 Å². The Labute approximate surface area is 140 Å². The van der Waals surface area contributed by atoms with Crippen LogP contribution in [0.3, 0.4) is 0 Å². The van der Waals surface area contributed by atoms with Crippen molar-refractivity contribution in [1.82, 2.24) is 10.6 Å². The minimum Gasteiger partial charge on any atom is -0.377 e. The van der Waals surface area contributed by atoms with Crippen LogP contribution >= 0.6 is 24.0 Å². The zero-order chi connectivity index (χ0) is 14.3. The standard InChI is InChI=1S/C15H27N3O.HI/c1-6-9-17-14(16-5)18-11-12-8-7-10-19-13(12)15(2,3)4;/h1,12-13H,7-11H2,2-5H3,(H2,16,17,18);1H. The zero-order valence-electron chi connectivity index (χ0n) is 13.0. The van der Waals surface area contributed by atoms with Gasteiger partial charge in [0.25, 0.3) is 0 Å². The SMILES string of the molecule is C#CCNC(=NC)NCC1CCCOC1C(C)(C)C.I. The van der Waals surface area contributed by atoms with Crippen molar-refractivity contribution < 1.29 is 4.74 Å². The number of rotatable bonds is 3. The van der Waals surface area contributed by atoms with Gasteiger partial charge >= 0.3 is 0 Å². The van der Waals surface area contributed by atoms with Crippen LogP contribution in [-0.2, 0) is 4.74 Å². The molecule has 20 heavy (non-hydrogen) atoms. The highest BCUT2D eigenvalue weighted by Gasteiger charge is 2.35. The molecule has 0 aromatic rings. The van der Waals surface area contributed by atoms with E-state index in [0.717, 1.165) is 25.5 Å². The predicted molar refractivity (Wildman–Crippen MR) is 95.5 cm³/mol. The van der Waals surface area contributed by atoms with E-state index in [1.165, 1.54) is 6.42 Å². The van der Waals surface area contributed by atoms with Gasteiger partial charge in [0.2, 0.25) is 0 Å². The van der Waals surface area contributed by atoms with E-state index < -0.39 is 0 Å². The van der Waals surface area contributed by atoms with Crippen molar-refractivity contribution in [1.29, 1.82) is 0 Å². The molecule has 0 radical (unpaired) electrons. The van der Waals surface area contributed by atoms with Crippen LogP contribution in [0, 0.1) is 23.7 Å². The average Bonchev–Trinajstić information content (AvgIpc) is 2.38. The number of guanidine groups is 1. The molecule has 1 rings (SSSR count). The molecular weight excluding hydrogens is 365 g/mol. The second-order valence-electron chi connectivity index (χ2n) is 6.07. The van der Waals surface area contributed by atoms with Crippen molar-refractivity contribution in [3.05, 3.63) is 0 Å². The maximum Gasteiger partial charge on any atom is 0.191 e. The molecule has 2 N–H and O–H groups in total. The van der Waals surface area contributed by atoms with Gasteiger partial charge in [-0.2, -0.15) is 0 Å². The normalized spacial score (nSPS) is 23.4. The molecule has 0 amide bonds. The molecule has 0 aromatic heterocycles. The lowest BCUT2D eigenvalue weighted by Crippen LogP contribution is -2.47. The lowest BCUT2D eigenvalue weighted by molar-refractivity contribution is -0.0835. The monoisotopic (exact) mass is 393 g/mol. The van der Waals surface area contributed by atoms with Crippen LogP contribution in [0.15, 0.2) is 4.99 Å². The molecule has 1 heterocycles. The number of hydrogen-bond acceptors (Lipinski definition) is 2. The lowest BCUT2D eigenvalue weighted by atomic mass is 9.78. The molecular formula is C15H28IN3O. The highest BCUT2D eigenvalue weighted by Crippen LogP contribution is 2.33. The van der Waals surface area contributed by atoms with Crippen LogP contribution < -0.4 is 10.6 Å². The van der Waals surface area contributed by atoms with Gasteiger partial charge in [0.05, 0.1) is 12.6 Å². The van der Waals surface area contributed by atoms with Crippen molar-refractivity contribution in [2.24, 2.45) is 16.3 Å². The summed E-state index contributed by atoms with van der Waals surface area (Å²) in [5, 5.41) is 6.41. The second kappa shape index (κ2) is 9.46. The first-order valence-corrected chi connectivity index (χ1v) is 6.98. The van der Waals surface area contributed by atoms with Gasteiger partial charge in [0.1, 0.15) is 0 Å². The van der Waals surface area contributed by atoms with E-state index in [1.807, 2.05) is 0 Å². The van der Waals surface area contributed by atoms with Gasteiger partial charge in [-0.15, -0.1) is 30.4 Å². The number of nitrogens with zero attached hydrogens (tertiary/aromatic N) is 1. The third kappa shape index (κ3) is 6.31. The van der Waals surface area contributed by atoms with E-state index in [9.17, 15) is 0 Å². The van der Waals surface area contributed by atoms with E-state index in [1.54, 1.807) is 7.05 Å². The minimum atomic E-state index is 0. The largest absolute Gasteiger partial charge is 0.377 e. The van der Waals surface area contributed by atoms with Crippen LogP contribution in [0.5, 0.6) is 0 Å². The Morgan fingerprint density at radius 1 is 1.40 bits per heavy atom. The topological polar surface area (TPSA) is 45.7 Å². The minimum absolute atomic E-state index is 0. The van der Waals surface area contributed by atoms with Gasteiger partial charge in [-0.3, -0.25) is 4.99 Å². The summed E-state index contributed by atoms with van der Waals surface area (Å²) in [7, 11) is 1.75. The molecule has 0 spiro atoms. The summed E-state index contributed by atoms with van der Waals surface area (Å²) in [4.78, 5) is 4.16. The second-order valence-corrected chi connectivity index (χ2v) is 6.07. The van der Waals surface area contributed by atoms with Crippen molar-refractivity contribution in [3.8, 4) is 12.3 Å². The third-order valence-corrected chi connectivity index (χ3v) is 3.41. The Morgan fingerprint density at radius 3 is 2.65 bits per heavy atom. The van der Waals surface area contributed by atoms with Crippen LogP contribution in [-0.4, -0.2) is 38.8 Å². The van der Waals surface area contributed by atoms with Crippen LogP contribution in [0.4, 0.5) is 0 Å². The summed E-state index contributed by atoms with van der Waals surface area (Å²) in [6.45, 7) is 8.95. The molecule has 1 aliphatic rings. The number of ether oxygens (including phenoxy) is 1. The first-order chi connectivity index (χ1) is 8.99. The van der Waals surface area contributed by atoms with Crippen molar-refractivity contribution in [3.63, 3.8) is 0 Å². The summed E-state index contributed by atoms with van der Waals surface area (Å²) >= 11 is 0. The Kier molecular flexibility index (Phi) is 9.23. The van der Waals surface area contributed by atoms with Crippen LogP contribution in [0.25, 0.3) is 0 Å². The first kappa shape index (κ1) is 19.5. The molecule has 0 bridgehead atoms. The number of aliphatic imine (C=N–C) groups is 1. The Balaban J connectivity index is 0.00000361. The van der Waals surface area contributed by atoms with Gasteiger partial charge in [-0.25, -0.2) is 0 Å². The number of halogens is 1. The summed E-state index contributed by atoms with van der Waals surface area (Å²) in [5.41, 5.74) is 0.169. The fraction of sp³-hybridized carbons (Fsp3) is 0.800. The average molecular weight is 393 g/mol. The molecule has 0 aliphatic carbocycles. The number of terminal acetylenes is 1. The van der Waals surface area contributed by atoms with Gasteiger partial charge in [0.15, 0.2) is 5.96 Å². The van der Waals surface area contributed by atoms with Gasteiger partial charge in [-0.1, -0.05) is 26.7 Å². The van der Waals surface area contributed by atoms with Crippen LogP contribution in [0.1, 0.15) is 33.6 Å². The fourth-order valence-corrected chi connectivity index (χ4v) is 2.59. The quantitative estimate of drug-likeness (QED) is 0.335. The molecule has 1 aliphatic heterocycles. The van der Waals surface area contributed by atoms with E-state index in [4.69, 9.17) is 11.2 Å². The zero-order valence-corrected chi connectivity index (χ0v) is 15.4. The van der Waals surface area contributed by atoms with E-state index in [2.05, 4.69) is 42.3 Å². The molecule has 1 fully saturated rings. The highest BCUT2D eigenvalue weighted by atomic mass is 127. The lowest BCUT2D eigenvalue weighted by Gasteiger charge is -2.40. The molecule has 4 nitrogen and oxygen atoms in total. The summed E-state index contributed by atoms with van der Waals surface area (Å²) in [6.07, 6.45) is 7.86. The summed E-state index contributed by atoms with van der Waals surface area (Å²) in [6, 6.07) is 0. The van der Waals surface area contributed by atoms with Gasteiger partial charge in [-0.05, 0) is 18.3 Å². The molecule has 0 aromatic carbocycles. The Bertz CT molecular complexity index is 344. The van der Waals surface area contributed by atoms with Crippen LogP contribution in [0.2, 0.25) is 0 Å². The number of hydrogen-bond donors (Lipinski definition) is 2. The van der Waals surface area contributed by atoms with Crippen molar-refractivity contribution in [2.45, 2.75) is 39.7 Å². The third-order valence-electron chi connectivity index (χ3n) is 3.41. The maximum atomic E-state index is 5.97. The molecule has 5 heteroatoms. The fourth-order valence-electron chi connectivity index (χ4n) is 2.59. The molecule has 2 atom stereocenters. The first-order valence-electron chi connectivity index (χ1n) is 6.98. The van der Waals surface area contributed by atoms with Crippen molar-refractivity contribution in [2.75, 3.05) is 26.7 Å². The maximum absolute atomic E-state index is 5.97. The highest BCUT2D eigenvalue weighted by molar-refractivity contribution is 14.0. The van der Waals surface area contributed by atoms with E-state index in [-0.39, 0.29) is 29.4 Å². The van der Waals surface area contributed by atoms with Gasteiger partial charge < -0.3 is 15.4 Å². The molecule has 1 saturated heterocycles. The molecule has 0 saturated carbocycles. The Hall–Kier alpha value is -0.480. The van der Waals surface area contributed by atoms with Crippen molar-refractivity contribution >= 4 is 29.9 Å². The summed E-state index contributed by atoms with van der Waals surface area (Å²) < 4.78 is 5.97. The Morgan fingerprint density at radius 2 is 2.10 bits per heavy atom. The van der Waals surface area contributed by atoms with E-state index >= 15 is 0 Å². The molecule has 2 unspecified atom stereocenters.